The molecule has 3 aromatic rings. The van der Waals surface area contributed by atoms with E-state index < -0.39 is 19.7 Å². The molecule has 0 amide bonds. The average molecular weight is 418 g/mol. The van der Waals surface area contributed by atoms with Crippen LogP contribution in [0.3, 0.4) is 0 Å². The van der Waals surface area contributed by atoms with Crippen LogP contribution in [0.1, 0.15) is 11.1 Å². The molecule has 0 spiro atoms. The molecule has 2 N–H and O–H groups in total. The molecule has 0 saturated carbocycles. The molecule has 0 unspecified atom stereocenters. The Hall–Kier alpha value is -2.84. The van der Waals surface area contributed by atoms with Gasteiger partial charge < -0.3 is 10.2 Å². The van der Waals surface area contributed by atoms with E-state index >= 15 is 0 Å². The summed E-state index contributed by atoms with van der Waals surface area (Å²) in [5.74, 6) is -0.629. The normalized spacial score (nSPS) is 12.0. The van der Waals surface area contributed by atoms with Crippen molar-refractivity contribution >= 4 is 19.7 Å². The molecule has 0 bridgehead atoms. The van der Waals surface area contributed by atoms with Gasteiger partial charge >= 0.3 is 0 Å². The largest absolute Gasteiger partial charge is 0.508 e. The molecule has 0 aromatic heterocycles. The Morgan fingerprint density at radius 3 is 1.29 bits per heavy atom. The van der Waals surface area contributed by atoms with Crippen LogP contribution in [0.5, 0.6) is 11.5 Å². The van der Waals surface area contributed by atoms with Crippen LogP contribution in [-0.4, -0.2) is 27.0 Å². The first-order chi connectivity index (χ1) is 13.2. The number of aromatic hydroxyl groups is 2. The maximum absolute atomic E-state index is 12.5. The van der Waals surface area contributed by atoms with Gasteiger partial charge in [-0.1, -0.05) is 24.3 Å². The quantitative estimate of drug-likeness (QED) is 0.637. The monoisotopic (exact) mass is 418 g/mol. The van der Waals surface area contributed by atoms with Crippen LogP contribution < -0.4 is 0 Å². The summed E-state index contributed by atoms with van der Waals surface area (Å²) >= 11 is 0. The Kier molecular flexibility index (Phi) is 5.44. The molecule has 0 radical (unpaired) electrons. The van der Waals surface area contributed by atoms with Crippen molar-refractivity contribution in [1.82, 2.24) is 0 Å². The summed E-state index contributed by atoms with van der Waals surface area (Å²) in [4.78, 5) is 0.153. The van der Waals surface area contributed by atoms with Gasteiger partial charge in [0.15, 0.2) is 19.7 Å². The van der Waals surface area contributed by atoms with Gasteiger partial charge in [0.1, 0.15) is 11.5 Å². The lowest BCUT2D eigenvalue weighted by atomic mass is 10.2. The lowest BCUT2D eigenvalue weighted by Gasteiger charge is -2.08. The predicted molar refractivity (Wildman–Crippen MR) is 104 cm³/mol. The highest BCUT2D eigenvalue weighted by Crippen LogP contribution is 2.22. The van der Waals surface area contributed by atoms with E-state index in [1.165, 1.54) is 48.5 Å². The second-order valence-corrected chi connectivity index (χ2v) is 10.3. The third kappa shape index (κ3) is 4.71. The van der Waals surface area contributed by atoms with E-state index in [9.17, 15) is 27.0 Å². The number of benzene rings is 3. The van der Waals surface area contributed by atoms with Crippen LogP contribution in [-0.2, 0) is 31.2 Å². The molecule has 0 saturated heterocycles. The zero-order valence-corrected chi connectivity index (χ0v) is 16.3. The van der Waals surface area contributed by atoms with E-state index in [0.717, 1.165) is 0 Å². The number of hydrogen-bond donors (Lipinski definition) is 2. The van der Waals surface area contributed by atoms with Crippen molar-refractivity contribution in [2.45, 2.75) is 21.3 Å². The number of phenolic OH excluding ortho intramolecular Hbond substituents is 2. The minimum absolute atomic E-state index is 0.0274. The summed E-state index contributed by atoms with van der Waals surface area (Å²) in [5.41, 5.74) is 0.929. The van der Waals surface area contributed by atoms with Crippen LogP contribution in [0.15, 0.2) is 82.6 Å². The Morgan fingerprint density at radius 2 is 0.929 bits per heavy atom. The predicted octanol–water partition coefficient (Wildman–Crippen LogP) is 3.05. The van der Waals surface area contributed by atoms with E-state index in [1.807, 2.05) is 0 Å². The molecule has 146 valence electrons. The SMILES string of the molecule is O=S(=O)(Cc1cccc(CS(=O)(=O)c2ccc(O)cc2)c1)c1ccc(O)cc1. The fraction of sp³-hybridized carbons (Fsp3) is 0.100. The lowest BCUT2D eigenvalue weighted by Crippen LogP contribution is -2.07. The van der Waals surface area contributed by atoms with Crippen LogP contribution in [0.2, 0.25) is 0 Å². The number of phenols is 2. The van der Waals surface area contributed by atoms with Crippen molar-refractivity contribution in [1.29, 1.82) is 0 Å². The summed E-state index contributed by atoms with van der Waals surface area (Å²) in [6.07, 6.45) is 0. The van der Waals surface area contributed by atoms with E-state index in [0.29, 0.717) is 11.1 Å². The molecule has 0 aliphatic rings. The molecule has 0 aliphatic heterocycles. The van der Waals surface area contributed by atoms with Gasteiger partial charge in [-0.3, -0.25) is 0 Å². The molecule has 0 fully saturated rings. The third-order valence-electron chi connectivity index (χ3n) is 4.10. The second kappa shape index (κ2) is 7.65. The van der Waals surface area contributed by atoms with Gasteiger partial charge in [0.25, 0.3) is 0 Å². The third-order valence-corrected chi connectivity index (χ3v) is 7.50. The lowest BCUT2D eigenvalue weighted by molar-refractivity contribution is 0.474. The molecule has 28 heavy (non-hydrogen) atoms. The zero-order valence-electron chi connectivity index (χ0n) is 14.7. The second-order valence-electron chi connectivity index (χ2n) is 6.33. The maximum Gasteiger partial charge on any atom is 0.182 e. The number of rotatable bonds is 6. The Morgan fingerprint density at radius 1 is 0.571 bits per heavy atom. The van der Waals surface area contributed by atoms with Gasteiger partial charge in [-0.2, -0.15) is 0 Å². The number of hydrogen-bond acceptors (Lipinski definition) is 6. The van der Waals surface area contributed by atoms with Crippen LogP contribution >= 0.6 is 0 Å². The van der Waals surface area contributed by atoms with Crippen LogP contribution in [0.4, 0.5) is 0 Å². The molecular weight excluding hydrogens is 400 g/mol. The standard InChI is InChI=1S/C20H18O6S2/c21-17-4-8-19(9-5-17)27(23,24)13-15-2-1-3-16(12-15)14-28(25,26)20-10-6-18(22)7-11-20/h1-12,21-22H,13-14H2. The van der Waals surface area contributed by atoms with Gasteiger partial charge in [-0.25, -0.2) is 16.8 Å². The van der Waals surface area contributed by atoms with Crippen molar-refractivity contribution in [3.63, 3.8) is 0 Å². The molecule has 0 atom stereocenters. The van der Waals surface area contributed by atoms with Crippen molar-refractivity contribution in [3.05, 3.63) is 83.9 Å². The van der Waals surface area contributed by atoms with Gasteiger partial charge in [-0.15, -0.1) is 0 Å². The minimum atomic E-state index is -3.64. The summed E-state index contributed by atoms with van der Waals surface area (Å²) in [6, 6.07) is 16.9. The molecule has 0 heterocycles. The van der Waals surface area contributed by atoms with Crippen molar-refractivity contribution in [3.8, 4) is 11.5 Å². The van der Waals surface area contributed by atoms with Gasteiger partial charge in [-0.05, 0) is 59.7 Å². The fourth-order valence-corrected chi connectivity index (χ4v) is 5.39. The van der Waals surface area contributed by atoms with E-state index in [1.54, 1.807) is 24.3 Å². The maximum atomic E-state index is 12.5. The first-order valence-corrected chi connectivity index (χ1v) is 11.6. The highest BCUT2D eigenvalue weighted by molar-refractivity contribution is 7.91. The summed E-state index contributed by atoms with van der Waals surface area (Å²) in [5, 5.41) is 18.6. The average Bonchev–Trinajstić information content (AvgIpc) is 2.62. The van der Waals surface area contributed by atoms with Gasteiger partial charge in [0, 0.05) is 0 Å². The van der Waals surface area contributed by atoms with E-state index in [4.69, 9.17) is 0 Å². The first-order valence-electron chi connectivity index (χ1n) is 8.27. The Labute approximate surface area is 163 Å². The highest BCUT2D eigenvalue weighted by atomic mass is 32.2. The smallest absolute Gasteiger partial charge is 0.182 e. The van der Waals surface area contributed by atoms with Crippen molar-refractivity contribution in [2.24, 2.45) is 0 Å². The van der Waals surface area contributed by atoms with Crippen LogP contribution in [0.25, 0.3) is 0 Å². The highest BCUT2D eigenvalue weighted by Gasteiger charge is 2.18. The molecule has 0 aliphatic carbocycles. The molecule has 3 aromatic carbocycles. The molecular formula is C20H18O6S2. The van der Waals surface area contributed by atoms with Crippen molar-refractivity contribution < 1.29 is 27.0 Å². The van der Waals surface area contributed by atoms with Crippen molar-refractivity contribution in [2.75, 3.05) is 0 Å². The van der Waals surface area contributed by atoms with E-state index in [2.05, 4.69) is 0 Å². The summed E-state index contributed by atoms with van der Waals surface area (Å²) < 4.78 is 50.2. The summed E-state index contributed by atoms with van der Waals surface area (Å²) in [7, 11) is -7.27. The number of sulfone groups is 2. The van der Waals surface area contributed by atoms with E-state index in [-0.39, 0.29) is 32.8 Å². The Balaban J connectivity index is 1.82. The van der Waals surface area contributed by atoms with Crippen LogP contribution in [0, 0.1) is 0 Å². The topological polar surface area (TPSA) is 109 Å². The molecule has 8 heteroatoms. The van der Waals surface area contributed by atoms with Gasteiger partial charge in [0.2, 0.25) is 0 Å². The minimum Gasteiger partial charge on any atom is -0.508 e. The fourth-order valence-electron chi connectivity index (χ4n) is 2.72. The zero-order chi connectivity index (χ0) is 20.4. The molecule has 6 nitrogen and oxygen atoms in total. The molecule has 3 rings (SSSR count). The van der Waals surface area contributed by atoms with Gasteiger partial charge in [0.05, 0.1) is 21.3 Å². The Bertz CT molecular complexity index is 1090. The summed E-state index contributed by atoms with van der Waals surface area (Å²) in [6.45, 7) is 0. The first kappa shape index (κ1) is 19.9.